The highest BCUT2D eigenvalue weighted by molar-refractivity contribution is 7.89. The molecule has 0 spiro atoms. The molecule has 2 fully saturated rings. The third-order valence-corrected chi connectivity index (χ3v) is 6.63. The lowest BCUT2D eigenvalue weighted by Crippen LogP contribution is -2.52. The van der Waals surface area contributed by atoms with E-state index in [4.69, 9.17) is 0 Å². The van der Waals surface area contributed by atoms with Gasteiger partial charge in [-0.25, -0.2) is 8.42 Å². The van der Waals surface area contributed by atoms with Crippen LogP contribution < -0.4 is 5.32 Å². The number of halogens is 1. The molecular formula is C13H24ClN5O2S. The first-order chi connectivity index (χ1) is 10.00. The average Bonchev–Trinajstić information content (AvgIpc) is 3.11. The van der Waals surface area contributed by atoms with E-state index in [9.17, 15) is 8.42 Å². The molecule has 1 atom stereocenters. The van der Waals surface area contributed by atoms with Crippen molar-refractivity contribution in [2.75, 3.05) is 39.3 Å². The molecule has 22 heavy (non-hydrogen) atoms. The summed E-state index contributed by atoms with van der Waals surface area (Å²) < 4.78 is 28.6. The van der Waals surface area contributed by atoms with E-state index in [-0.39, 0.29) is 12.4 Å². The molecule has 1 N–H and O–H groups in total. The fourth-order valence-electron chi connectivity index (χ4n) is 3.13. The van der Waals surface area contributed by atoms with Gasteiger partial charge in [0.1, 0.15) is 4.90 Å². The molecular weight excluding hydrogens is 326 g/mol. The van der Waals surface area contributed by atoms with E-state index < -0.39 is 10.0 Å². The van der Waals surface area contributed by atoms with Crippen LogP contribution in [0, 0.1) is 6.92 Å². The second-order valence-corrected chi connectivity index (χ2v) is 7.71. The van der Waals surface area contributed by atoms with Gasteiger partial charge in [0.05, 0.1) is 11.9 Å². The van der Waals surface area contributed by atoms with Crippen LogP contribution in [-0.4, -0.2) is 72.7 Å². The van der Waals surface area contributed by atoms with E-state index in [1.807, 2.05) is 0 Å². The van der Waals surface area contributed by atoms with Crippen molar-refractivity contribution in [3.8, 4) is 0 Å². The number of rotatable bonds is 3. The molecule has 7 nitrogen and oxygen atoms in total. The quantitative estimate of drug-likeness (QED) is 0.819. The minimum atomic E-state index is -3.41. The zero-order valence-corrected chi connectivity index (χ0v) is 14.7. The Morgan fingerprint density at radius 3 is 2.45 bits per heavy atom. The first kappa shape index (κ1) is 17.7. The molecule has 126 valence electrons. The van der Waals surface area contributed by atoms with Gasteiger partial charge in [0.25, 0.3) is 0 Å². The zero-order chi connectivity index (χ0) is 15.0. The molecule has 3 rings (SSSR count). The van der Waals surface area contributed by atoms with E-state index in [0.29, 0.717) is 29.7 Å². The Morgan fingerprint density at radius 2 is 1.95 bits per heavy atom. The van der Waals surface area contributed by atoms with E-state index >= 15 is 0 Å². The van der Waals surface area contributed by atoms with E-state index in [0.717, 1.165) is 32.6 Å². The van der Waals surface area contributed by atoms with Crippen LogP contribution in [-0.2, 0) is 17.1 Å². The molecule has 9 heteroatoms. The average molecular weight is 350 g/mol. The van der Waals surface area contributed by atoms with Crippen molar-refractivity contribution < 1.29 is 8.42 Å². The zero-order valence-electron chi connectivity index (χ0n) is 13.0. The summed E-state index contributed by atoms with van der Waals surface area (Å²) in [5.41, 5.74) is 0.692. The van der Waals surface area contributed by atoms with E-state index in [2.05, 4.69) is 15.3 Å². The number of aryl methyl sites for hydroxylation is 1. The smallest absolute Gasteiger partial charge is 0.246 e. The summed E-state index contributed by atoms with van der Waals surface area (Å²) in [7, 11) is -1.65. The first-order valence-corrected chi connectivity index (χ1v) is 8.87. The topological polar surface area (TPSA) is 70.5 Å². The molecule has 0 aromatic carbocycles. The lowest BCUT2D eigenvalue weighted by molar-refractivity contribution is 0.145. The molecule has 0 amide bonds. The van der Waals surface area contributed by atoms with Gasteiger partial charge in [-0.05, 0) is 19.9 Å². The largest absolute Gasteiger partial charge is 0.315 e. The Kier molecular flexibility index (Phi) is 5.50. The Balaban J connectivity index is 0.00000176. The maximum absolute atomic E-state index is 12.7. The highest BCUT2D eigenvalue weighted by Gasteiger charge is 2.33. The van der Waals surface area contributed by atoms with Crippen LogP contribution in [0.1, 0.15) is 12.1 Å². The Hall–Kier alpha value is -0.670. The van der Waals surface area contributed by atoms with Gasteiger partial charge in [-0.2, -0.15) is 9.40 Å². The summed E-state index contributed by atoms with van der Waals surface area (Å²) in [5, 5.41) is 7.41. The van der Waals surface area contributed by atoms with E-state index in [1.54, 1.807) is 23.0 Å². The molecule has 1 unspecified atom stereocenters. The second-order valence-electron chi connectivity index (χ2n) is 5.80. The van der Waals surface area contributed by atoms with Crippen molar-refractivity contribution in [2.45, 2.75) is 24.3 Å². The van der Waals surface area contributed by atoms with Gasteiger partial charge in [0, 0.05) is 45.8 Å². The molecule has 0 aliphatic carbocycles. The molecule has 2 aliphatic rings. The third kappa shape index (κ3) is 3.16. The fourth-order valence-corrected chi connectivity index (χ4v) is 4.74. The SMILES string of the molecule is Cc1c(S(=O)(=O)N2CCN(C3CCNC3)CC2)cnn1C.Cl. The molecule has 0 saturated carbocycles. The van der Waals surface area contributed by atoms with Crippen molar-refractivity contribution in [1.82, 2.24) is 24.3 Å². The van der Waals surface area contributed by atoms with Gasteiger partial charge in [-0.3, -0.25) is 9.58 Å². The summed E-state index contributed by atoms with van der Waals surface area (Å²) in [6.07, 6.45) is 2.62. The highest BCUT2D eigenvalue weighted by Crippen LogP contribution is 2.21. The maximum atomic E-state index is 12.7. The summed E-state index contributed by atoms with van der Waals surface area (Å²) in [6, 6.07) is 0.565. The molecule has 2 saturated heterocycles. The Bertz CT molecular complexity index is 604. The minimum absolute atomic E-state index is 0. The van der Waals surface area contributed by atoms with E-state index in [1.165, 1.54) is 6.20 Å². The van der Waals surface area contributed by atoms with Crippen LogP contribution in [0.15, 0.2) is 11.1 Å². The number of nitrogens with zero attached hydrogens (tertiary/aromatic N) is 4. The number of hydrogen-bond donors (Lipinski definition) is 1. The predicted octanol–water partition coefficient (Wildman–Crippen LogP) is -0.181. The fraction of sp³-hybridized carbons (Fsp3) is 0.769. The van der Waals surface area contributed by atoms with Gasteiger partial charge in [-0.1, -0.05) is 0 Å². The van der Waals surface area contributed by atoms with Crippen molar-refractivity contribution in [1.29, 1.82) is 0 Å². The highest BCUT2D eigenvalue weighted by atomic mass is 35.5. The van der Waals surface area contributed by atoms with Gasteiger partial charge in [0.2, 0.25) is 10.0 Å². The van der Waals surface area contributed by atoms with Gasteiger partial charge >= 0.3 is 0 Å². The minimum Gasteiger partial charge on any atom is -0.315 e. The molecule has 2 aliphatic heterocycles. The monoisotopic (exact) mass is 349 g/mol. The summed E-state index contributed by atoms with van der Waals surface area (Å²) in [6.45, 7) is 6.63. The molecule has 0 bridgehead atoms. The molecule has 1 aromatic rings. The Labute approximate surface area is 138 Å². The van der Waals surface area contributed by atoms with Crippen LogP contribution in [0.3, 0.4) is 0 Å². The summed E-state index contributed by atoms with van der Waals surface area (Å²) >= 11 is 0. The van der Waals surface area contributed by atoms with Gasteiger partial charge < -0.3 is 5.32 Å². The molecule has 1 aromatic heterocycles. The molecule has 3 heterocycles. The standard InChI is InChI=1S/C13H23N5O2S.ClH/c1-11-13(10-15-16(11)2)21(19,20)18-7-5-17(6-8-18)12-3-4-14-9-12;/h10,12,14H,3-9H2,1-2H3;1H. The lowest BCUT2D eigenvalue weighted by Gasteiger charge is -2.37. The normalized spacial score (nSPS) is 24.4. The van der Waals surface area contributed by atoms with Crippen molar-refractivity contribution >= 4 is 22.4 Å². The predicted molar refractivity (Wildman–Crippen MR) is 86.8 cm³/mol. The number of hydrogen-bond acceptors (Lipinski definition) is 5. The van der Waals surface area contributed by atoms with Crippen LogP contribution >= 0.6 is 12.4 Å². The third-order valence-electron chi connectivity index (χ3n) is 4.63. The van der Waals surface area contributed by atoms with Crippen LogP contribution in [0.5, 0.6) is 0 Å². The number of aromatic nitrogens is 2. The van der Waals surface area contributed by atoms with Crippen molar-refractivity contribution in [3.63, 3.8) is 0 Å². The summed E-state index contributed by atoms with van der Waals surface area (Å²) in [5.74, 6) is 0. The number of piperazine rings is 1. The molecule has 0 radical (unpaired) electrons. The Morgan fingerprint density at radius 1 is 1.27 bits per heavy atom. The van der Waals surface area contributed by atoms with Crippen LogP contribution in [0.25, 0.3) is 0 Å². The number of sulfonamides is 1. The van der Waals surface area contributed by atoms with Crippen molar-refractivity contribution in [3.05, 3.63) is 11.9 Å². The van der Waals surface area contributed by atoms with Gasteiger partial charge in [0.15, 0.2) is 0 Å². The second kappa shape index (κ2) is 6.84. The van der Waals surface area contributed by atoms with Crippen LogP contribution in [0.4, 0.5) is 0 Å². The number of nitrogens with one attached hydrogen (secondary N) is 1. The van der Waals surface area contributed by atoms with Crippen LogP contribution in [0.2, 0.25) is 0 Å². The first-order valence-electron chi connectivity index (χ1n) is 7.43. The van der Waals surface area contributed by atoms with Gasteiger partial charge in [-0.15, -0.1) is 12.4 Å². The summed E-state index contributed by atoms with van der Waals surface area (Å²) in [4.78, 5) is 2.74. The van der Waals surface area contributed by atoms with Crippen molar-refractivity contribution in [2.24, 2.45) is 7.05 Å². The maximum Gasteiger partial charge on any atom is 0.246 e. The lowest BCUT2D eigenvalue weighted by atomic mass is 10.2.